The number of rotatable bonds is 2. The fourth-order valence-electron chi connectivity index (χ4n) is 0.877. The van der Waals surface area contributed by atoms with Crippen LogP contribution in [0.15, 0.2) is 28.7 Å². The third-order valence-electron chi connectivity index (χ3n) is 1.54. The summed E-state index contributed by atoms with van der Waals surface area (Å²) >= 11 is 3.29. The van der Waals surface area contributed by atoms with Crippen molar-refractivity contribution in [1.82, 2.24) is 0 Å². The van der Waals surface area contributed by atoms with Gasteiger partial charge >= 0.3 is 0 Å². The molecular weight excluding hydrogens is 253 g/mol. The molecule has 0 saturated carbocycles. The van der Waals surface area contributed by atoms with Crippen LogP contribution in [-0.4, -0.2) is 11.8 Å². The van der Waals surface area contributed by atoms with E-state index in [2.05, 4.69) is 15.9 Å². The van der Waals surface area contributed by atoms with Gasteiger partial charge in [-0.3, -0.25) is 4.79 Å². The number of benzene rings is 1. The molecule has 72 valence electrons. The molecule has 0 bridgehead atoms. The number of hydrogen-bond acceptors (Lipinski definition) is 2. The number of carbonyl (C=O) groups is 1. The van der Waals surface area contributed by atoms with Crippen molar-refractivity contribution >= 4 is 34.1 Å². The van der Waals surface area contributed by atoms with Gasteiger partial charge in [-0.1, -0.05) is 28.1 Å². The molecule has 0 aliphatic heterocycles. The maximum atomic E-state index is 11.3. The zero-order chi connectivity index (χ0) is 9.14. The molecule has 4 heteroatoms. The van der Waals surface area contributed by atoms with Crippen molar-refractivity contribution < 1.29 is 4.79 Å². The highest BCUT2D eigenvalue weighted by molar-refractivity contribution is 9.10. The van der Waals surface area contributed by atoms with Gasteiger partial charge in [-0.05, 0) is 19.1 Å². The molecule has 0 aliphatic carbocycles. The Balaban J connectivity index is 0.00000144. The second-order valence-corrected chi connectivity index (χ2v) is 3.58. The van der Waals surface area contributed by atoms with Crippen LogP contribution in [0.2, 0.25) is 0 Å². The molecule has 0 fully saturated rings. The van der Waals surface area contributed by atoms with Crippen LogP contribution in [-0.2, 0) is 0 Å². The average molecular weight is 265 g/mol. The van der Waals surface area contributed by atoms with Crippen LogP contribution < -0.4 is 5.73 Å². The summed E-state index contributed by atoms with van der Waals surface area (Å²) in [5, 5.41) is 0. The molecule has 0 saturated heterocycles. The van der Waals surface area contributed by atoms with E-state index in [1.807, 2.05) is 12.1 Å². The Labute approximate surface area is 92.0 Å². The summed E-state index contributed by atoms with van der Waals surface area (Å²) in [5.41, 5.74) is 6.11. The summed E-state index contributed by atoms with van der Waals surface area (Å²) in [6.45, 7) is 1.68. The maximum absolute atomic E-state index is 11.3. The largest absolute Gasteiger partial charge is 0.321 e. The minimum atomic E-state index is -0.425. The van der Waals surface area contributed by atoms with Crippen molar-refractivity contribution in [3.63, 3.8) is 0 Å². The molecule has 0 amide bonds. The van der Waals surface area contributed by atoms with Gasteiger partial charge in [0.05, 0.1) is 6.04 Å². The number of hydrogen-bond donors (Lipinski definition) is 1. The van der Waals surface area contributed by atoms with E-state index in [9.17, 15) is 4.79 Å². The lowest BCUT2D eigenvalue weighted by atomic mass is 10.1. The molecule has 1 atom stereocenters. The number of halogens is 2. The summed E-state index contributed by atoms with van der Waals surface area (Å²) in [5.74, 6) is -0.0255. The molecule has 1 aromatic carbocycles. The van der Waals surface area contributed by atoms with Gasteiger partial charge in [0.15, 0.2) is 5.78 Å². The van der Waals surface area contributed by atoms with Crippen LogP contribution in [0.1, 0.15) is 17.3 Å². The first-order chi connectivity index (χ1) is 5.61. The molecular formula is C9H11BrClNO. The predicted molar refractivity (Wildman–Crippen MR) is 59.4 cm³/mol. The Bertz CT molecular complexity index is 284. The Morgan fingerprint density at radius 3 is 2.23 bits per heavy atom. The third-order valence-corrected chi connectivity index (χ3v) is 2.07. The van der Waals surface area contributed by atoms with Crippen LogP contribution in [0.25, 0.3) is 0 Å². The number of nitrogens with two attached hydrogens (primary N) is 1. The highest BCUT2D eigenvalue weighted by Crippen LogP contribution is 2.11. The number of Topliss-reactive ketones (excluding diaryl/α,β-unsaturated/α-hetero) is 1. The molecule has 0 radical (unpaired) electrons. The molecule has 13 heavy (non-hydrogen) atoms. The molecule has 0 aromatic heterocycles. The van der Waals surface area contributed by atoms with E-state index in [4.69, 9.17) is 5.73 Å². The van der Waals surface area contributed by atoms with Gasteiger partial charge in [0.1, 0.15) is 0 Å². The molecule has 1 aromatic rings. The monoisotopic (exact) mass is 263 g/mol. The SMILES string of the molecule is CC(N)C(=O)c1ccc(Br)cc1.Cl. The van der Waals surface area contributed by atoms with Gasteiger partial charge < -0.3 is 5.73 Å². The molecule has 0 spiro atoms. The fourth-order valence-corrected chi connectivity index (χ4v) is 1.14. The smallest absolute Gasteiger partial charge is 0.179 e. The topological polar surface area (TPSA) is 43.1 Å². The summed E-state index contributed by atoms with van der Waals surface area (Å²) in [7, 11) is 0. The number of carbonyl (C=O) groups excluding carboxylic acids is 1. The molecule has 1 unspecified atom stereocenters. The van der Waals surface area contributed by atoms with Gasteiger partial charge in [0, 0.05) is 10.0 Å². The molecule has 0 heterocycles. The lowest BCUT2D eigenvalue weighted by Gasteiger charge is -2.03. The van der Waals surface area contributed by atoms with E-state index >= 15 is 0 Å². The quantitative estimate of drug-likeness (QED) is 0.834. The minimum Gasteiger partial charge on any atom is -0.321 e. The summed E-state index contributed by atoms with van der Waals surface area (Å²) < 4.78 is 0.962. The van der Waals surface area contributed by atoms with Crippen molar-refractivity contribution in [2.75, 3.05) is 0 Å². The van der Waals surface area contributed by atoms with Crippen LogP contribution >= 0.6 is 28.3 Å². The van der Waals surface area contributed by atoms with Crippen LogP contribution in [0, 0.1) is 0 Å². The summed E-state index contributed by atoms with van der Waals surface area (Å²) in [4.78, 5) is 11.3. The molecule has 1 rings (SSSR count). The van der Waals surface area contributed by atoms with Gasteiger partial charge in [-0.25, -0.2) is 0 Å². The van der Waals surface area contributed by atoms with Crippen LogP contribution in [0.3, 0.4) is 0 Å². The van der Waals surface area contributed by atoms with E-state index in [1.54, 1.807) is 19.1 Å². The van der Waals surface area contributed by atoms with E-state index < -0.39 is 6.04 Å². The molecule has 2 nitrogen and oxygen atoms in total. The van der Waals surface area contributed by atoms with Gasteiger partial charge in [0.25, 0.3) is 0 Å². The van der Waals surface area contributed by atoms with Crippen molar-refractivity contribution in [3.8, 4) is 0 Å². The number of ketones is 1. The van der Waals surface area contributed by atoms with E-state index in [1.165, 1.54) is 0 Å². The second-order valence-electron chi connectivity index (χ2n) is 2.66. The molecule has 2 N–H and O–H groups in total. The van der Waals surface area contributed by atoms with E-state index in [0.717, 1.165) is 4.47 Å². The lowest BCUT2D eigenvalue weighted by Crippen LogP contribution is -2.26. The van der Waals surface area contributed by atoms with Crippen molar-refractivity contribution in [2.45, 2.75) is 13.0 Å². The van der Waals surface area contributed by atoms with Gasteiger partial charge in [-0.2, -0.15) is 0 Å². The molecule has 0 aliphatic rings. The predicted octanol–water partition coefficient (Wildman–Crippen LogP) is 2.40. The highest BCUT2D eigenvalue weighted by atomic mass is 79.9. The first-order valence-electron chi connectivity index (χ1n) is 3.66. The zero-order valence-corrected chi connectivity index (χ0v) is 9.56. The Hall–Kier alpha value is -0.380. The Morgan fingerprint density at radius 2 is 1.85 bits per heavy atom. The average Bonchev–Trinajstić information content (AvgIpc) is 2.04. The van der Waals surface area contributed by atoms with E-state index in [-0.39, 0.29) is 18.2 Å². The highest BCUT2D eigenvalue weighted by Gasteiger charge is 2.09. The van der Waals surface area contributed by atoms with Crippen molar-refractivity contribution in [1.29, 1.82) is 0 Å². The maximum Gasteiger partial charge on any atom is 0.179 e. The standard InChI is InChI=1S/C9H10BrNO.ClH/c1-6(11)9(12)7-2-4-8(10)5-3-7;/h2-6H,11H2,1H3;1H. The Kier molecular flexibility index (Phi) is 5.21. The zero-order valence-electron chi connectivity index (χ0n) is 7.16. The van der Waals surface area contributed by atoms with Crippen molar-refractivity contribution in [3.05, 3.63) is 34.3 Å². The summed E-state index contributed by atoms with van der Waals surface area (Å²) in [6, 6.07) is 6.75. The first-order valence-corrected chi connectivity index (χ1v) is 4.46. The lowest BCUT2D eigenvalue weighted by molar-refractivity contribution is 0.0968. The fraction of sp³-hybridized carbons (Fsp3) is 0.222. The van der Waals surface area contributed by atoms with Crippen LogP contribution in [0.4, 0.5) is 0 Å². The van der Waals surface area contributed by atoms with E-state index in [0.29, 0.717) is 5.56 Å². The summed E-state index contributed by atoms with van der Waals surface area (Å²) in [6.07, 6.45) is 0. The van der Waals surface area contributed by atoms with Gasteiger partial charge in [0.2, 0.25) is 0 Å². The van der Waals surface area contributed by atoms with Crippen LogP contribution in [0.5, 0.6) is 0 Å². The normalized spacial score (nSPS) is 11.6. The third kappa shape index (κ3) is 3.46. The minimum absolute atomic E-state index is 0. The second kappa shape index (κ2) is 5.37. The Morgan fingerprint density at radius 1 is 1.38 bits per heavy atom. The van der Waals surface area contributed by atoms with Crippen molar-refractivity contribution in [2.24, 2.45) is 5.73 Å². The first kappa shape index (κ1) is 12.6. The van der Waals surface area contributed by atoms with Gasteiger partial charge in [-0.15, -0.1) is 12.4 Å².